The summed E-state index contributed by atoms with van der Waals surface area (Å²) in [6, 6.07) is 10.7. The van der Waals surface area contributed by atoms with Crippen molar-refractivity contribution in [1.29, 1.82) is 0 Å². The second-order valence-corrected chi connectivity index (χ2v) is 9.21. The molecule has 0 bridgehead atoms. The Morgan fingerprint density at radius 3 is 2.31 bits per heavy atom. The van der Waals surface area contributed by atoms with Crippen LogP contribution in [-0.4, -0.2) is 41.2 Å². The zero-order valence-electron chi connectivity index (χ0n) is 21.2. The van der Waals surface area contributed by atoms with Gasteiger partial charge in [-0.1, -0.05) is 12.1 Å². The van der Waals surface area contributed by atoms with E-state index < -0.39 is 0 Å². The van der Waals surface area contributed by atoms with Crippen LogP contribution >= 0.6 is 0 Å². The predicted molar refractivity (Wildman–Crippen MR) is 145 cm³/mol. The number of anilines is 4. The van der Waals surface area contributed by atoms with Crippen molar-refractivity contribution in [3.05, 3.63) is 70.5 Å². The van der Waals surface area contributed by atoms with E-state index in [0.29, 0.717) is 47.6 Å². The molecule has 5 N–H and O–H groups in total. The van der Waals surface area contributed by atoms with Crippen LogP contribution in [0.5, 0.6) is 0 Å². The highest BCUT2D eigenvalue weighted by molar-refractivity contribution is 6.35. The van der Waals surface area contributed by atoms with E-state index in [2.05, 4.69) is 26.3 Å². The van der Waals surface area contributed by atoms with Crippen molar-refractivity contribution in [1.82, 2.24) is 4.98 Å². The summed E-state index contributed by atoms with van der Waals surface area (Å²) in [4.78, 5) is 60.1. The van der Waals surface area contributed by atoms with E-state index in [9.17, 15) is 24.0 Å². The van der Waals surface area contributed by atoms with Crippen LogP contribution in [0.25, 0.3) is 11.6 Å². The Morgan fingerprint density at radius 1 is 0.897 bits per heavy atom. The van der Waals surface area contributed by atoms with Gasteiger partial charge in [-0.3, -0.25) is 19.2 Å². The smallest absolute Gasteiger partial charge is 0.339 e. The second-order valence-electron chi connectivity index (χ2n) is 9.21. The first kappa shape index (κ1) is 25.5. The predicted octanol–water partition coefficient (Wildman–Crippen LogP) is 3.32. The van der Waals surface area contributed by atoms with Crippen LogP contribution in [0.15, 0.2) is 42.6 Å². The van der Waals surface area contributed by atoms with Gasteiger partial charge in [0.2, 0.25) is 17.7 Å². The second kappa shape index (κ2) is 10.3. The maximum atomic E-state index is 12.4. The zero-order valence-corrected chi connectivity index (χ0v) is 21.2. The minimum atomic E-state index is -0.349. The van der Waals surface area contributed by atoms with Gasteiger partial charge < -0.3 is 31.0 Å². The fourth-order valence-electron chi connectivity index (χ4n) is 4.63. The summed E-state index contributed by atoms with van der Waals surface area (Å²) >= 11 is 0. The SMILES string of the molecule is CC(=O)Nc1ccc2c(c1)NC(=O)C2.CC(=O)Nc1ccc2c(c1)NC(=O)C2=Cc1[nH]cc2c1CCOC2=O. The Hall–Kier alpha value is -5.19. The van der Waals surface area contributed by atoms with E-state index in [1.165, 1.54) is 13.8 Å². The Bertz CT molecular complexity index is 1580. The summed E-state index contributed by atoms with van der Waals surface area (Å²) < 4.78 is 5.02. The molecule has 198 valence electrons. The minimum Gasteiger partial charge on any atom is -0.462 e. The van der Waals surface area contributed by atoms with Crippen LogP contribution in [0.2, 0.25) is 0 Å². The number of carbonyl (C=O) groups is 5. The number of aromatic amines is 1. The van der Waals surface area contributed by atoms with Crippen molar-refractivity contribution in [3.8, 4) is 0 Å². The van der Waals surface area contributed by atoms with Gasteiger partial charge in [0, 0.05) is 54.8 Å². The van der Waals surface area contributed by atoms with Crippen molar-refractivity contribution in [2.24, 2.45) is 0 Å². The largest absolute Gasteiger partial charge is 0.462 e. The molecule has 0 spiro atoms. The molecule has 6 rings (SSSR count). The Labute approximate surface area is 223 Å². The van der Waals surface area contributed by atoms with Gasteiger partial charge in [0.1, 0.15) is 0 Å². The Kier molecular flexibility index (Phi) is 6.72. The number of H-pyrrole nitrogens is 1. The summed E-state index contributed by atoms with van der Waals surface area (Å²) in [5, 5.41) is 10.9. The lowest BCUT2D eigenvalue weighted by Gasteiger charge is -2.12. The molecule has 3 aliphatic heterocycles. The van der Waals surface area contributed by atoms with Crippen LogP contribution in [0, 0.1) is 0 Å². The first-order valence-electron chi connectivity index (χ1n) is 12.2. The van der Waals surface area contributed by atoms with Gasteiger partial charge in [0.05, 0.1) is 29.9 Å². The molecule has 0 fully saturated rings. The molecule has 3 aromatic rings. The highest BCUT2D eigenvalue weighted by Gasteiger charge is 2.27. The third kappa shape index (κ3) is 5.42. The monoisotopic (exact) mass is 527 g/mol. The first-order chi connectivity index (χ1) is 18.7. The van der Waals surface area contributed by atoms with E-state index >= 15 is 0 Å². The standard InChI is InChI=1S/C18H15N3O4.C10H10N2O2/c1-9(22)20-10-2-3-11-13(17(23)21-16(11)6-10)7-15-12-4-5-25-18(24)14(12)8-19-15;1-6(13)11-8-3-2-7-4-10(14)12-9(7)5-8/h2-3,6-8,19H,4-5H2,1H3,(H,20,22)(H,21,23);2-3,5H,4H2,1H3,(H,11,13)(H,12,14). The molecule has 3 aliphatic rings. The summed E-state index contributed by atoms with van der Waals surface area (Å²) in [7, 11) is 0. The fraction of sp³-hybridized carbons (Fsp3) is 0.179. The molecule has 39 heavy (non-hydrogen) atoms. The Balaban J connectivity index is 0.000000186. The molecule has 0 saturated carbocycles. The third-order valence-corrected chi connectivity index (χ3v) is 6.29. The average Bonchev–Trinajstić information content (AvgIpc) is 3.54. The molecule has 11 nitrogen and oxygen atoms in total. The molecule has 11 heteroatoms. The number of hydrogen-bond donors (Lipinski definition) is 5. The molecule has 0 radical (unpaired) electrons. The topological polar surface area (TPSA) is 158 Å². The molecule has 4 heterocycles. The van der Waals surface area contributed by atoms with Crippen molar-refractivity contribution in [3.63, 3.8) is 0 Å². The first-order valence-corrected chi connectivity index (χ1v) is 12.2. The van der Waals surface area contributed by atoms with Gasteiger partial charge in [-0.2, -0.15) is 0 Å². The van der Waals surface area contributed by atoms with E-state index in [1.54, 1.807) is 42.6 Å². The van der Waals surface area contributed by atoms with Crippen molar-refractivity contribution >= 4 is 64.0 Å². The number of cyclic esters (lactones) is 1. The maximum absolute atomic E-state index is 12.4. The molecule has 0 unspecified atom stereocenters. The molecule has 4 amide bonds. The number of hydrogen-bond acceptors (Lipinski definition) is 6. The number of esters is 1. The fourth-order valence-corrected chi connectivity index (χ4v) is 4.63. The molecule has 0 aliphatic carbocycles. The highest BCUT2D eigenvalue weighted by Crippen LogP contribution is 2.36. The number of rotatable bonds is 3. The number of fused-ring (bicyclic) bond motifs is 3. The molecular weight excluding hydrogens is 502 g/mol. The highest BCUT2D eigenvalue weighted by atomic mass is 16.5. The number of carbonyl (C=O) groups excluding carboxylic acids is 5. The van der Waals surface area contributed by atoms with E-state index in [4.69, 9.17) is 4.74 Å². The summed E-state index contributed by atoms with van der Waals surface area (Å²) in [6.45, 7) is 3.21. The number of ether oxygens (including phenoxy) is 1. The van der Waals surface area contributed by atoms with Crippen molar-refractivity contribution < 1.29 is 28.7 Å². The van der Waals surface area contributed by atoms with Crippen LogP contribution in [0.3, 0.4) is 0 Å². The van der Waals surface area contributed by atoms with E-state index in [0.717, 1.165) is 28.1 Å². The number of benzene rings is 2. The minimum absolute atomic E-state index is 0.0000231. The third-order valence-electron chi connectivity index (χ3n) is 6.29. The van der Waals surface area contributed by atoms with E-state index in [1.807, 2.05) is 6.07 Å². The number of aromatic nitrogens is 1. The van der Waals surface area contributed by atoms with Gasteiger partial charge in [-0.15, -0.1) is 0 Å². The lowest BCUT2D eigenvalue weighted by molar-refractivity contribution is -0.115. The lowest BCUT2D eigenvalue weighted by Crippen LogP contribution is -2.16. The van der Waals surface area contributed by atoms with Gasteiger partial charge >= 0.3 is 5.97 Å². The molecular formula is C28H25N5O6. The van der Waals surface area contributed by atoms with Gasteiger partial charge in [-0.05, 0) is 41.5 Å². The van der Waals surface area contributed by atoms with E-state index in [-0.39, 0.29) is 29.6 Å². The molecule has 1 aromatic heterocycles. The normalized spacial score (nSPS) is 15.6. The Morgan fingerprint density at radius 2 is 1.59 bits per heavy atom. The maximum Gasteiger partial charge on any atom is 0.339 e. The summed E-state index contributed by atoms with van der Waals surface area (Å²) in [5.41, 5.74) is 7.10. The molecule has 2 aromatic carbocycles. The van der Waals surface area contributed by atoms with Crippen molar-refractivity contribution in [2.45, 2.75) is 26.7 Å². The summed E-state index contributed by atoms with van der Waals surface area (Å²) in [6.07, 6.45) is 4.39. The lowest BCUT2D eigenvalue weighted by atomic mass is 10.0. The molecule has 0 saturated heterocycles. The van der Waals surface area contributed by atoms with Crippen LogP contribution in [-0.2, 0) is 36.8 Å². The van der Waals surface area contributed by atoms with Crippen LogP contribution in [0.1, 0.15) is 46.6 Å². The number of amides is 4. The quantitative estimate of drug-likeness (QED) is 0.260. The molecule has 0 atom stereocenters. The zero-order chi connectivity index (χ0) is 27.7. The van der Waals surface area contributed by atoms with Gasteiger partial charge in [0.15, 0.2) is 0 Å². The average molecular weight is 528 g/mol. The van der Waals surface area contributed by atoms with Crippen molar-refractivity contribution in [2.75, 3.05) is 27.9 Å². The van der Waals surface area contributed by atoms with Gasteiger partial charge in [-0.25, -0.2) is 4.79 Å². The van der Waals surface area contributed by atoms with Crippen LogP contribution < -0.4 is 21.3 Å². The van der Waals surface area contributed by atoms with Gasteiger partial charge in [0.25, 0.3) is 5.91 Å². The van der Waals surface area contributed by atoms with Crippen LogP contribution in [0.4, 0.5) is 22.7 Å². The summed E-state index contributed by atoms with van der Waals surface area (Å²) in [5.74, 6) is -0.866. The number of nitrogens with one attached hydrogen (secondary N) is 5.